The van der Waals surface area contributed by atoms with Crippen molar-refractivity contribution in [3.63, 3.8) is 0 Å². The molecule has 0 atom stereocenters. The van der Waals surface area contributed by atoms with Gasteiger partial charge in [0.05, 0.1) is 11.7 Å². The molecule has 4 nitrogen and oxygen atoms in total. The van der Waals surface area contributed by atoms with E-state index in [2.05, 4.69) is 4.98 Å². The van der Waals surface area contributed by atoms with Crippen molar-refractivity contribution in [2.75, 3.05) is 13.1 Å². The van der Waals surface area contributed by atoms with Crippen molar-refractivity contribution < 1.29 is 9.90 Å². The van der Waals surface area contributed by atoms with Crippen molar-refractivity contribution in [3.8, 4) is 0 Å². The first kappa shape index (κ1) is 13.3. The Morgan fingerprint density at radius 3 is 2.60 bits per heavy atom. The van der Waals surface area contributed by atoms with Crippen LogP contribution in [0.5, 0.6) is 0 Å². The van der Waals surface area contributed by atoms with Crippen LogP contribution in [0.2, 0.25) is 5.15 Å². The first-order valence-corrected chi connectivity index (χ1v) is 7.05. The number of fused-ring (bicyclic) bond motifs is 1. The highest BCUT2D eigenvalue weighted by Gasteiger charge is 2.24. The Labute approximate surface area is 122 Å². The number of piperidine rings is 1. The maximum atomic E-state index is 12.6. The lowest BCUT2D eigenvalue weighted by atomic mass is 10.0. The Kier molecular flexibility index (Phi) is 3.59. The number of pyridine rings is 1. The van der Waals surface area contributed by atoms with Crippen LogP contribution in [0.25, 0.3) is 10.8 Å². The van der Waals surface area contributed by atoms with Crippen molar-refractivity contribution in [3.05, 3.63) is 41.2 Å². The smallest absolute Gasteiger partial charge is 0.256 e. The number of hydrogen-bond acceptors (Lipinski definition) is 3. The molecule has 1 aliphatic rings. The quantitative estimate of drug-likeness (QED) is 0.821. The van der Waals surface area contributed by atoms with Gasteiger partial charge in [0.1, 0.15) is 5.15 Å². The van der Waals surface area contributed by atoms with E-state index in [1.165, 1.54) is 6.20 Å². The van der Waals surface area contributed by atoms with Gasteiger partial charge in [-0.25, -0.2) is 4.98 Å². The molecule has 0 unspecified atom stereocenters. The molecule has 2 heterocycles. The maximum absolute atomic E-state index is 12.6. The fraction of sp³-hybridized carbons (Fsp3) is 0.333. The molecule has 0 radical (unpaired) electrons. The van der Waals surface area contributed by atoms with Crippen LogP contribution >= 0.6 is 11.6 Å². The number of carbonyl (C=O) groups excluding carboxylic acids is 1. The molecule has 0 aliphatic carbocycles. The predicted molar refractivity (Wildman–Crippen MR) is 77.9 cm³/mol. The van der Waals surface area contributed by atoms with Gasteiger partial charge in [-0.2, -0.15) is 0 Å². The van der Waals surface area contributed by atoms with Gasteiger partial charge in [-0.3, -0.25) is 4.79 Å². The third-order valence-electron chi connectivity index (χ3n) is 3.73. The third-order valence-corrected chi connectivity index (χ3v) is 4.03. The standard InChI is InChI=1S/C15H15ClN2O2/c16-14-12-4-2-1-3-11(12)13(9-17-14)15(20)18-7-5-10(19)6-8-18/h1-4,9-10,19H,5-8H2. The van der Waals surface area contributed by atoms with Gasteiger partial charge in [-0.05, 0) is 18.2 Å². The van der Waals surface area contributed by atoms with E-state index >= 15 is 0 Å². The van der Waals surface area contributed by atoms with E-state index in [1.807, 2.05) is 24.3 Å². The summed E-state index contributed by atoms with van der Waals surface area (Å²) in [7, 11) is 0. The number of aliphatic hydroxyl groups excluding tert-OH is 1. The first-order valence-electron chi connectivity index (χ1n) is 6.67. The predicted octanol–water partition coefficient (Wildman–Crippen LogP) is 2.49. The Hall–Kier alpha value is -1.65. The van der Waals surface area contributed by atoms with E-state index in [9.17, 15) is 9.90 Å². The van der Waals surface area contributed by atoms with Gasteiger partial charge >= 0.3 is 0 Å². The average Bonchev–Trinajstić information content (AvgIpc) is 2.48. The van der Waals surface area contributed by atoms with Crippen molar-refractivity contribution in [2.45, 2.75) is 18.9 Å². The Morgan fingerprint density at radius 2 is 1.90 bits per heavy atom. The van der Waals surface area contributed by atoms with Crippen LogP contribution in [-0.4, -0.2) is 40.1 Å². The molecule has 1 aliphatic heterocycles. The lowest BCUT2D eigenvalue weighted by Crippen LogP contribution is -2.40. The van der Waals surface area contributed by atoms with Crippen molar-refractivity contribution in [1.29, 1.82) is 0 Å². The van der Waals surface area contributed by atoms with E-state index in [-0.39, 0.29) is 12.0 Å². The first-order chi connectivity index (χ1) is 9.66. The minimum absolute atomic E-state index is 0.0442. The number of halogens is 1. The highest BCUT2D eigenvalue weighted by atomic mass is 35.5. The molecule has 1 aromatic heterocycles. The zero-order valence-electron chi connectivity index (χ0n) is 10.9. The number of likely N-dealkylation sites (tertiary alicyclic amines) is 1. The molecule has 1 saturated heterocycles. The summed E-state index contributed by atoms with van der Waals surface area (Å²) in [6, 6.07) is 7.51. The molecule has 2 aromatic rings. The lowest BCUT2D eigenvalue weighted by molar-refractivity contribution is 0.0548. The second-order valence-corrected chi connectivity index (χ2v) is 5.39. The molecule has 1 N–H and O–H groups in total. The Bertz CT molecular complexity index is 651. The normalized spacial score (nSPS) is 16.6. The van der Waals surface area contributed by atoms with Gasteiger partial charge in [0.25, 0.3) is 5.91 Å². The zero-order valence-corrected chi connectivity index (χ0v) is 11.7. The number of nitrogens with zero attached hydrogens (tertiary/aromatic N) is 2. The van der Waals surface area contributed by atoms with Crippen LogP contribution in [0.3, 0.4) is 0 Å². The van der Waals surface area contributed by atoms with Gasteiger partial charge in [-0.15, -0.1) is 0 Å². The SMILES string of the molecule is O=C(c1cnc(Cl)c2ccccc12)N1CCC(O)CC1. The second-order valence-electron chi connectivity index (χ2n) is 5.03. The average molecular weight is 291 g/mol. The van der Waals surface area contributed by atoms with E-state index in [1.54, 1.807) is 4.90 Å². The molecule has 1 amide bonds. The number of benzene rings is 1. The van der Waals surface area contributed by atoms with Gasteiger partial charge < -0.3 is 10.0 Å². The Morgan fingerprint density at radius 1 is 1.25 bits per heavy atom. The van der Waals surface area contributed by atoms with E-state index in [0.717, 1.165) is 10.8 Å². The summed E-state index contributed by atoms with van der Waals surface area (Å²) in [4.78, 5) is 18.5. The third kappa shape index (κ3) is 2.37. The van der Waals surface area contributed by atoms with E-state index in [0.29, 0.717) is 36.6 Å². The van der Waals surface area contributed by atoms with Gasteiger partial charge in [-0.1, -0.05) is 35.9 Å². The maximum Gasteiger partial charge on any atom is 0.256 e. The summed E-state index contributed by atoms with van der Waals surface area (Å²) in [6.07, 6.45) is 2.51. The minimum atomic E-state index is -0.292. The minimum Gasteiger partial charge on any atom is -0.393 e. The van der Waals surface area contributed by atoms with Gasteiger partial charge in [0, 0.05) is 24.7 Å². The van der Waals surface area contributed by atoms with E-state index in [4.69, 9.17) is 11.6 Å². The zero-order chi connectivity index (χ0) is 14.1. The molecule has 0 spiro atoms. The van der Waals surface area contributed by atoms with Crippen molar-refractivity contribution in [2.24, 2.45) is 0 Å². The van der Waals surface area contributed by atoms with Crippen molar-refractivity contribution >= 4 is 28.3 Å². The topological polar surface area (TPSA) is 53.4 Å². The monoisotopic (exact) mass is 290 g/mol. The van der Waals surface area contributed by atoms with Crippen LogP contribution in [0.4, 0.5) is 0 Å². The number of rotatable bonds is 1. The molecule has 104 valence electrons. The van der Waals surface area contributed by atoms with Crippen molar-refractivity contribution in [1.82, 2.24) is 9.88 Å². The number of hydrogen-bond donors (Lipinski definition) is 1. The molecule has 20 heavy (non-hydrogen) atoms. The van der Waals surface area contributed by atoms with E-state index < -0.39 is 0 Å². The summed E-state index contributed by atoms with van der Waals surface area (Å²) in [5.74, 6) is -0.0442. The number of amides is 1. The summed E-state index contributed by atoms with van der Waals surface area (Å²) in [5.41, 5.74) is 0.571. The van der Waals surface area contributed by atoms with Gasteiger partial charge in [0.2, 0.25) is 0 Å². The van der Waals surface area contributed by atoms with Crippen LogP contribution in [-0.2, 0) is 0 Å². The molecular weight excluding hydrogens is 276 g/mol. The van der Waals surface area contributed by atoms with Crippen LogP contribution in [0, 0.1) is 0 Å². The summed E-state index contributed by atoms with van der Waals surface area (Å²) < 4.78 is 0. The fourth-order valence-electron chi connectivity index (χ4n) is 2.57. The Balaban J connectivity index is 1.98. The molecule has 3 rings (SSSR count). The molecule has 5 heteroatoms. The highest BCUT2D eigenvalue weighted by molar-refractivity contribution is 6.34. The number of aromatic nitrogens is 1. The fourth-order valence-corrected chi connectivity index (χ4v) is 2.78. The lowest BCUT2D eigenvalue weighted by Gasteiger charge is -2.29. The molecule has 1 aromatic carbocycles. The molecule has 0 saturated carbocycles. The highest BCUT2D eigenvalue weighted by Crippen LogP contribution is 2.25. The number of carbonyl (C=O) groups is 1. The summed E-state index contributed by atoms with van der Waals surface area (Å²) >= 11 is 6.07. The van der Waals surface area contributed by atoms with Crippen LogP contribution < -0.4 is 0 Å². The molecule has 1 fully saturated rings. The van der Waals surface area contributed by atoms with Crippen LogP contribution in [0.1, 0.15) is 23.2 Å². The summed E-state index contributed by atoms with van der Waals surface area (Å²) in [6.45, 7) is 1.16. The molecule has 0 bridgehead atoms. The summed E-state index contributed by atoms with van der Waals surface area (Å²) in [5, 5.41) is 11.5. The second kappa shape index (κ2) is 5.38. The van der Waals surface area contributed by atoms with Crippen LogP contribution in [0.15, 0.2) is 30.5 Å². The number of aliphatic hydroxyl groups is 1. The molecular formula is C15H15ClN2O2. The largest absolute Gasteiger partial charge is 0.393 e. The van der Waals surface area contributed by atoms with Gasteiger partial charge in [0.15, 0.2) is 0 Å².